The van der Waals surface area contributed by atoms with Gasteiger partial charge in [-0.15, -0.1) is 0 Å². The number of hydrogen-bond acceptors (Lipinski definition) is 8. The Bertz CT molecular complexity index is 1590. The van der Waals surface area contributed by atoms with E-state index in [1.54, 1.807) is 31.4 Å². The molecular formula is C27H20N4O5S. The summed E-state index contributed by atoms with van der Waals surface area (Å²) in [5.41, 5.74) is 3.33. The molecule has 1 amide bonds. The first kappa shape index (κ1) is 23.9. The summed E-state index contributed by atoms with van der Waals surface area (Å²) in [7, 11) is 1.58. The summed E-state index contributed by atoms with van der Waals surface area (Å²) < 4.78 is 11.3. The fourth-order valence-electron chi connectivity index (χ4n) is 3.64. The summed E-state index contributed by atoms with van der Waals surface area (Å²) in [5.74, 6) is -0.0264. The second-order valence-electron chi connectivity index (χ2n) is 7.98. The predicted molar refractivity (Wildman–Crippen MR) is 142 cm³/mol. The van der Waals surface area contributed by atoms with Gasteiger partial charge in [0.05, 0.1) is 29.6 Å². The van der Waals surface area contributed by atoms with Crippen molar-refractivity contribution in [3.05, 3.63) is 117 Å². The van der Waals surface area contributed by atoms with Gasteiger partial charge in [0.25, 0.3) is 5.91 Å². The molecular weight excluding hydrogens is 492 g/mol. The molecule has 9 nitrogen and oxygen atoms in total. The molecule has 0 atom stereocenters. The number of rotatable bonds is 8. The average Bonchev–Trinajstić information content (AvgIpc) is 3.57. The highest BCUT2D eigenvalue weighted by Gasteiger charge is 2.22. The summed E-state index contributed by atoms with van der Waals surface area (Å²) in [6.07, 6.45) is 2.00. The van der Waals surface area contributed by atoms with Crippen LogP contribution in [0.2, 0.25) is 0 Å². The van der Waals surface area contributed by atoms with E-state index in [-0.39, 0.29) is 5.76 Å². The Hall–Kier alpha value is -4.83. The number of aromatic nitrogens is 1. The summed E-state index contributed by atoms with van der Waals surface area (Å²) >= 11 is 1.27. The van der Waals surface area contributed by atoms with E-state index in [1.165, 1.54) is 35.2 Å². The highest BCUT2D eigenvalue weighted by Crippen LogP contribution is 2.32. The second-order valence-corrected chi connectivity index (χ2v) is 8.99. The number of nitrogens with zero attached hydrogens (tertiary/aromatic N) is 4. The normalized spacial score (nSPS) is 11.2. The van der Waals surface area contributed by atoms with Gasteiger partial charge in [0.1, 0.15) is 10.7 Å². The van der Waals surface area contributed by atoms with Gasteiger partial charge in [-0.05, 0) is 53.9 Å². The minimum atomic E-state index is -0.641. The van der Waals surface area contributed by atoms with Crippen molar-refractivity contribution >= 4 is 44.7 Å². The Labute approximate surface area is 215 Å². The second kappa shape index (κ2) is 10.4. The number of furan rings is 1. The number of ether oxygens (including phenoxy) is 1. The third-order valence-corrected chi connectivity index (χ3v) is 6.50. The molecule has 2 aromatic heterocycles. The first-order chi connectivity index (χ1) is 18.0. The van der Waals surface area contributed by atoms with E-state index in [2.05, 4.69) is 22.2 Å². The van der Waals surface area contributed by atoms with Gasteiger partial charge in [-0.25, -0.2) is 4.98 Å². The van der Waals surface area contributed by atoms with Crippen LogP contribution in [0, 0.1) is 10.1 Å². The smallest absolute Gasteiger partial charge is 0.433 e. The highest BCUT2D eigenvalue weighted by molar-refractivity contribution is 7.22. The predicted octanol–water partition coefficient (Wildman–Crippen LogP) is 6.08. The Morgan fingerprint density at radius 3 is 2.54 bits per heavy atom. The molecule has 0 saturated heterocycles. The number of thiazole rings is 1. The highest BCUT2D eigenvalue weighted by atomic mass is 32.1. The largest absolute Gasteiger partial charge is 0.497 e. The molecule has 5 aromatic rings. The molecule has 5 rings (SSSR count). The number of benzene rings is 3. The van der Waals surface area contributed by atoms with Gasteiger partial charge in [0.2, 0.25) is 5.13 Å². The molecule has 0 N–H and O–H groups in total. The number of methoxy groups -OCH3 is 1. The standard InChI is InChI=1S/C27H20N4O5S/c1-35-21-11-13-23-24(16-21)37-27(29-23)30(28-17-22-12-14-25(36-22)31(33)34)26(32)20-9-7-19(8-10-20)15-18-5-3-2-4-6-18/h2-14,16-17H,15H2,1H3/b28-17+. The zero-order valence-electron chi connectivity index (χ0n) is 19.6. The van der Waals surface area contributed by atoms with Crippen LogP contribution in [0.4, 0.5) is 11.0 Å². The van der Waals surface area contributed by atoms with Gasteiger partial charge in [0.15, 0.2) is 5.76 Å². The zero-order valence-corrected chi connectivity index (χ0v) is 20.4. The van der Waals surface area contributed by atoms with Crippen LogP contribution in [0.15, 0.2) is 94.4 Å². The lowest BCUT2D eigenvalue weighted by atomic mass is 10.0. The van der Waals surface area contributed by atoms with E-state index in [9.17, 15) is 14.9 Å². The van der Waals surface area contributed by atoms with E-state index in [0.29, 0.717) is 22.0 Å². The molecule has 0 radical (unpaired) electrons. The number of amides is 1. The van der Waals surface area contributed by atoms with Crippen LogP contribution in [-0.4, -0.2) is 29.1 Å². The summed E-state index contributed by atoms with van der Waals surface area (Å²) in [5, 5.41) is 16.7. The van der Waals surface area contributed by atoms with Crippen molar-refractivity contribution in [3.8, 4) is 5.75 Å². The maximum Gasteiger partial charge on any atom is 0.433 e. The van der Waals surface area contributed by atoms with Crippen molar-refractivity contribution in [1.82, 2.24) is 4.98 Å². The Balaban J connectivity index is 1.46. The minimum Gasteiger partial charge on any atom is -0.497 e. The first-order valence-corrected chi connectivity index (χ1v) is 12.0. The van der Waals surface area contributed by atoms with E-state index in [1.807, 2.05) is 36.4 Å². The SMILES string of the molecule is COc1ccc2nc(N(/N=C/c3ccc([N+](=O)[O-])o3)C(=O)c3ccc(Cc4ccccc4)cc3)sc2c1. The molecule has 37 heavy (non-hydrogen) atoms. The maximum absolute atomic E-state index is 13.6. The molecule has 2 heterocycles. The Morgan fingerprint density at radius 2 is 1.84 bits per heavy atom. The number of hydrogen-bond donors (Lipinski definition) is 0. The van der Waals surface area contributed by atoms with E-state index in [0.717, 1.165) is 21.7 Å². The summed E-state index contributed by atoms with van der Waals surface area (Å²) in [4.78, 5) is 28.4. The molecule has 0 saturated carbocycles. The van der Waals surface area contributed by atoms with Gasteiger partial charge in [-0.2, -0.15) is 10.1 Å². The van der Waals surface area contributed by atoms with Crippen molar-refractivity contribution in [2.75, 3.05) is 12.1 Å². The first-order valence-electron chi connectivity index (χ1n) is 11.2. The van der Waals surface area contributed by atoms with Crippen LogP contribution in [-0.2, 0) is 6.42 Å². The number of carbonyl (C=O) groups excluding carboxylic acids is 1. The van der Waals surface area contributed by atoms with Crippen molar-refractivity contribution in [3.63, 3.8) is 0 Å². The van der Waals surface area contributed by atoms with Crippen molar-refractivity contribution in [2.24, 2.45) is 5.10 Å². The molecule has 0 fully saturated rings. The fourth-order valence-corrected chi connectivity index (χ4v) is 4.59. The van der Waals surface area contributed by atoms with Gasteiger partial charge < -0.3 is 9.15 Å². The molecule has 3 aromatic carbocycles. The number of fused-ring (bicyclic) bond motifs is 1. The Morgan fingerprint density at radius 1 is 1.08 bits per heavy atom. The lowest BCUT2D eigenvalue weighted by molar-refractivity contribution is -0.402. The van der Waals surface area contributed by atoms with Crippen molar-refractivity contribution in [1.29, 1.82) is 0 Å². The molecule has 10 heteroatoms. The number of anilines is 1. The molecule has 184 valence electrons. The lowest BCUT2D eigenvalue weighted by Crippen LogP contribution is -2.25. The third kappa shape index (κ3) is 5.39. The van der Waals surface area contributed by atoms with Gasteiger partial charge in [-0.3, -0.25) is 14.9 Å². The van der Waals surface area contributed by atoms with Crippen LogP contribution < -0.4 is 9.75 Å². The van der Waals surface area contributed by atoms with Gasteiger partial charge in [0, 0.05) is 5.56 Å². The number of nitro groups is 1. The molecule has 0 spiro atoms. The van der Waals surface area contributed by atoms with Crippen LogP contribution in [0.1, 0.15) is 27.2 Å². The van der Waals surface area contributed by atoms with Gasteiger partial charge in [-0.1, -0.05) is 53.8 Å². The molecule has 0 aliphatic rings. The zero-order chi connectivity index (χ0) is 25.8. The molecule has 0 aliphatic heterocycles. The van der Waals surface area contributed by atoms with Crippen LogP contribution in [0.3, 0.4) is 0 Å². The summed E-state index contributed by atoms with van der Waals surface area (Å²) in [6.45, 7) is 0. The van der Waals surface area contributed by atoms with Crippen molar-refractivity contribution < 1.29 is 18.9 Å². The number of hydrazone groups is 1. The van der Waals surface area contributed by atoms with E-state index < -0.39 is 16.7 Å². The van der Waals surface area contributed by atoms with Crippen LogP contribution >= 0.6 is 11.3 Å². The van der Waals surface area contributed by atoms with Crippen molar-refractivity contribution in [2.45, 2.75) is 6.42 Å². The Kier molecular flexibility index (Phi) is 6.73. The topological polar surface area (TPSA) is 111 Å². The average molecular weight is 513 g/mol. The molecule has 0 aliphatic carbocycles. The molecule has 0 unspecified atom stereocenters. The monoisotopic (exact) mass is 512 g/mol. The van der Waals surface area contributed by atoms with E-state index >= 15 is 0 Å². The fraction of sp³-hybridized carbons (Fsp3) is 0.0741. The van der Waals surface area contributed by atoms with Crippen LogP contribution in [0.25, 0.3) is 10.2 Å². The molecule has 0 bridgehead atoms. The van der Waals surface area contributed by atoms with E-state index in [4.69, 9.17) is 9.15 Å². The lowest BCUT2D eigenvalue weighted by Gasteiger charge is -2.14. The summed E-state index contributed by atoms with van der Waals surface area (Å²) in [6, 6.07) is 25.4. The third-order valence-electron chi connectivity index (χ3n) is 5.50. The van der Waals surface area contributed by atoms with Crippen LogP contribution in [0.5, 0.6) is 5.75 Å². The maximum atomic E-state index is 13.6. The minimum absolute atomic E-state index is 0.130. The van der Waals surface area contributed by atoms with Gasteiger partial charge >= 0.3 is 5.88 Å². The number of carbonyl (C=O) groups is 1. The quantitative estimate of drug-likeness (QED) is 0.142.